The summed E-state index contributed by atoms with van der Waals surface area (Å²) >= 11 is 0. The SMILES string of the molecule is CCCC[C@@H](C(=O)OCC(=O)Nc1ccccc1OCC)N1C(=O)c2ccccc2C1=O. The van der Waals surface area contributed by atoms with Crippen molar-refractivity contribution in [2.45, 2.75) is 39.2 Å². The monoisotopic (exact) mass is 438 g/mol. The smallest absolute Gasteiger partial charge is 0.329 e. The molecule has 0 bridgehead atoms. The summed E-state index contributed by atoms with van der Waals surface area (Å²) in [5.41, 5.74) is 0.979. The molecule has 8 heteroatoms. The van der Waals surface area contributed by atoms with Crippen LogP contribution in [0.15, 0.2) is 48.5 Å². The summed E-state index contributed by atoms with van der Waals surface area (Å²) in [6.07, 6.45) is 1.64. The third kappa shape index (κ3) is 4.96. The minimum atomic E-state index is -1.09. The summed E-state index contributed by atoms with van der Waals surface area (Å²) in [6.45, 7) is 3.65. The molecule has 2 aromatic carbocycles. The van der Waals surface area contributed by atoms with Crippen LogP contribution in [0, 0.1) is 0 Å². The Morgan fingerprint density at radius 3 is 2.22 bits per heavy atom. The number of esters is 1. The number of amides is 3. The van der Waals surface area contributed by atoms with E-state index in [0.717, 1.165) is 11.3 Å². The van der Waals surface area contributed by atoms with Gasteiger partial charge in [-0.05, 0) is 37.6 Å². The number of rotatable bonds is 10. The van der Waals surface area contributed by atoms with Gasteiger partial charge in [0.1, 0.15) is 11.8 Å². The Labute approximate surface area is 186 Å². The van der Waals surface area contributed by atoms with Gasteiger partial charge in [0.2, 0.25) is 0 Å². The van der Waals surface area contributed by atoms with Gasteiger partial charge < -0.3 is 14.8 Å². The number of imide groups is 1. The highest BCUT2D eigenvalue weighted by atomic mass is 16.5. The molecule has 0 saturated heterocycles. The minimum Gasteiger partial charge on any atom is -0.492 e. The van der Waals surface area contributed by atoms with Crippen LogP contribution in [0.4, 0.5) is 5.69 Å². The quantitative estimate of drug-likeness (QED) is 0.450. The number of carbonyl (C=O) groups is 4. The van der Waals surface area contributed by atoms with Crippen molar-refractivity contribution >= 4 is 29.4 Å². The largest absolute Gasteiger partial charge is 0.492 e. The van der Waals surface area contributed by atoms with Crippen molar-refractivity contribution in [2.75, 3.05) is 18.5 Å². The number of para-hydroxylation sites is 2. The molecule has 1 atom stereocenters. The molecule has 0 aliphatic carbocycles. The molecule has 32 heavy (non-hydrogen) atoms. The van der Waals surface area contributed by atoms with Crippen LogP contribution in [0.1, 0.15) is 53.8 Å². The highest BCUT2D eigenvalue weighted by Crippen LogP contribution is 2.27. The average molecular weight is 438 g/mol. The first-order valence-corrected chi connectivity index (χ1v) is 10.6. The van der Waals surface area contributed by atoms with Gasteiger partial charge in [-0.2, -0.15) is 0 Å². The van der Waals surface area contributed by atoms with Crippen LogP contribution >= 0.6 is 0 Å². The Hall–Kier alpha value is -3.68. The molecule has 0 saturated carbocycles. The van der Waals surface area contributed by atoms with Crippen molar-refractivity contribution in [1.82, 2.24) is 4.90 Å². The second kappa shape index (κ2) is 10.6. The van der Waals surface area contributed by atoms with Crippen molar-refractivity contribution in [1.29, 1.82) is 0 Å². The van der Waals surface area contributed by atoms with Gasteiger partial charge in [-0.15, -0.1) is 0 Å². The van der Waals surface area contributed by atoms with Gasteiger partial charge in [-0.1, -0.05) is 44.0 Å². The van der Waals surface area contributed by atoms with Gasteiger partial charge in [-0.3, -0.25) is 19.3 Å². The molecule has 0 aromatic heterocycles. The molecule has 3 amide bonds. The van der Waals surface area contributed by atoms with Gasteiger partial charge in [0.15, 0.2) is 6.61 Å². The van der Waals surface area contributed by atoms with Crippen molar-refractivity contribution in [3.63, 3.8) is 0 Å². The number of carbonyl (C=O) groups excluding carboxylic acids is 4. The van der Waals surface area contributed by atoms with Crippen LogP contribution in [-0.4, -0.2) is 47.8 Å². The Balaban J connectivity index is 1.68. The third-order valence-corrected chi connectivity index (χ3v) is 5.05. The zero-order chi connectivity index (χ0) is 23.1. The van der Waals surface area contributed by atoms with E-state index in [4.69, 9.17) is 9.47 Å². The fourth-order valence-electron chi connectivity index (χ4n) is 3.51. The normalized spacial score (nSPS) is 13.5. The first-order chi connectivity index (χ1) is 15.5. The Kier molecular flexibility index (Phi) is 7.59. The molecule has 0 radical (unpaired) electrons. The van der Waals surface area contributed by atoms with E-state index in [2.05, 4.69) is 5.32 Å². The number of hydrogen-bond donors (Lipinski definition) is 1. The Morgan fingerprint density at radius 1 is 0.969 bits per heavy atom. The predicted molar refractivity (Wildman–Crippen MR) is 117 cm³/mol. The van der Waals surface area contributed by atoms with Crippen LogP contribution in [0.3, 0.4) is 0 Å². The fraction of sp³-hybridized carbons (Fsp3) is 0.333. The number of ether oxygens (including phenoxy) is 2. The van der Waals surface area contributed by atoms with E-state index in [-0.39, 0.29) is 17.5 Å². The standard InChI is InChI=1S/C24H26N2O6/c1-3-5-13-19(26-22(28)16-10-6-7-11-17(16)23(26)29)24(30)32-15-21(27)25-18-12-8-9-14-20(18)31-4-2/h6-12,14,19H,3-5,13,15H2,1-2H3,(H,25,27)/t19-/m0/s1. The fourth-order valence-corrected chi connectivity index (χ4v) is 3.51. The maximum absolute atomic E-state index is 12.8. The van der Waals surface area contributed by atoms with Crippen molar-refractivity contribution in [2.24, 2.45) is 0 Å². The lowest BCUT2D eigenvalue weighted by Gasteiger charge is -2.24. The van der Waals surface area contributed by atoms with Crippen molar-refractivity contribution in [3.8, 4) is 5.75 Å². The van der Waals surface area contributed by atoms with Gasteiger partial charge in [0, 0.05) is 0 Å². The predicted octanol–water partition coefficient (Wildman–Crippen LogP) is 3.42. The number of benzene rings is 2. The molecule has 1 aliphatic rings. The zero-order valence-corrected chi connectivity index (χ0v) is 18.1. The zero-order valence-electron chi connectivity index (χ0n) is 18.1. The first-order valence-electron chi connectivity index (χ1n) is 10.6. The van der Waals surface area contributed by atoms with Crippen LogP contribution in [-0.2, 0) is 14.3 Å². The van der Waals surface area contributed by atoms with Crippen molar-refractivity contribution in [3.05, 3.63) is 59.7 Å². The molecule has 0 fully saturated rings. The van der Waals surface area contributed by atoms with Crippen LogP contribution < -0.4 is 10.1 Å². The van der Waals surface area contributed by atoms with E-state index in [1.165, 1.54) is 0 Å². The third-order valence-electron chi connectivity index (χ3n) is 5.05. The molecule has 2 aromatic rings. The van der Waals surface area contributed by atoms with Gasteiger partial charge in [0.25, 0.3) is 17.7 Å². The lowest BCUT2D eigenvalue weighted by atomic mass is 10.1. The molecule has 1 N–H and O–H groups in total. The second-order valence-electron chi connectivity index (χ2n) is 7.27. The molecule has 1 heterocycles. The first kappa shape index (κ1) is 23.0. The van der Waals surface area contributed by atoms with E-state index < -0.39 is 36.3 Å². The maximum atomic E-state index is 12.8. The number of fused-ring (bicyclic) bond motifs is 1. The van der Waals surface area contributed by atoms with E-state index in [1.54, 1.807) is 48.5 Å². The van der Waals surface area contributed by atoms with E-state index >= 15 is 0 Å². The minimum absolute atomic E-state index is 0.260. The Morgan fingerprint density at radius 2 is 1.59 bits per heavy atom. The second-order valence-corrected chi connectivity index (χ2v) is 7.27. The van der Waals surface area contributed by atoms with Crippen LogP contribution in [0.5, 0.6) is 5.75 Å². The average Bonchev–Trinajstić information content (AvgIpc) is 3.05. The summed E-state index contributed by atoms with van der Waals surface area (Å²) in [7, 11) is 0. The summed E-state index contributed by atoms with van der Waals surface area (Å²) in [5.74, 6) is -1.90. The van der Waals surface area contributed by atoms with Crippen LogP contribution in [0.2, 0.25) is 0 Å². The molecule has 168 valence electrons. The van der Waals surface area contributed by atoms with Crippen molar-refractivity contribution < 1.29 is 28.7 Å². The Bertz CT molecular complexity index is 984. The van der Waals surface area contributed by atoms with Gasteiger partial charge in [0.05, 0.1) is 23.4 Å². The lowest BCUT2D eigenvalue weighted by molar-refractivity contribution is -0.151. The molecule has 0 spiro atoms. The molecule has 8 nitrogen and oxygen atoms in total. The van der Waals surface area contributed by atoms with Gasteiger partial charge >= 0.3 is 5.97 Å². The molecular formula is C24H26N2O6. The number of hydrogen-bond acceptors (Lipinski definition) is 6. The summed E-state index contributed by atoms with van der Waals surface area (Å²) in [4.78, 5) is 51.7. The van der Waals surface area contributed by atoms with E-state index in [1.807, 2.05) is 13.8 Å². The highest BCUT2D eigenvalue weighted by molar-refractivity contribution is 6.22. The van der Waals surface area contributed by atoms with Crippen LogP contribution in [0.25, 0.3) is 0 Å². The lowest BCUT2D eigenvalue weighted by Crippen LogP contribution is -2.46. The summed E-state index contributed by atoms with van der Waals surface area (Å²) in [6, 6.07) is 12.3. The molecule has 3 rings (SSSR count). The maximum Gasteiger partial charge on any atom is 0.329 e. The number of nitrogens with one attached hydrogen (secondary N) is 1. The summed E-state index contributed by atoms with van der Waals surface area (Å²) < 4.78 is 10.7. The topological polar surface area (TPSA) is 102 Å². The number of nitrogens with zero attached hydrogens (tertiary/aromatic N) is 1. The molecule has 0 unspecified atom stereocenters. The number of anilines is 1. The molecular weight excluding hydrogens is 412 g/mol. The van der Waals surface area contributed by atoms with E-state index in [0.29, 0.717) is 24.5 Å². The highest BCUT2D eigenvalue weighted by Gasteiger charge is 2.43. The van der Waals surface area contributed by atoms with Gasteiger partial charge in [-0.25, -0.2) is 4.79 Å². The molecule has 1 aliphatic heterocycles. The summed E-state index contributed by atoms with van der Waals surface area (Å²) in [5, 5.41) is 2.65. The number of unbranched alkanes of at least 4 members (excludes halogenated alkanes) is 1. The van der Waals surface area contributed by atoms with E-state index in [9.17, 15) is 19.2 Å².